The van der Waals surface area contributed by atoms with Crippen molar-refractivity contribution < 1.29 is 9.82 Å². The fraction of sp³-hybridized carbons (Fsp3) is 0.500. The van der Waals surface area contributed by atoms with E-state index in [0.29, 0.717) is 11.3 Å². The second kappa shape index (κ2) is 6.85. The number of fused-ring (bicyclic) bond motifs is 2. The molecule has 7 nitrogen and oxygen atoms in total. The lowest BCUT2D eigenvalue weighted by molar-refractivity contribution is 0.0675. The Morgan fingerprint density at radius 3 is 2.65 bits per heavy atom. The highest BCUT2D eigenvalue weighted by atomic mass is 16.2. The molecule has 0 aliphatic carbocycles. The van der Waals surface area contributed by atoms with Gasteiger partial charge >= 0.3 is 7.05 Å². The number of nitrogens with zero attached hydrogens (tertiary/aromatic N) is 5. The Kier molecular flexibility index (Phi) is 4.54. The van der Waals surface area contributed by atoms with Gasteiger partial charge in [0.05, 0.1) is 23.6 Å². The summed E-state index contributed by atoms with van der Waals surface area (Å²) in [5.74, 6) is 0.0425. The summed E-state index contributed by atoms with van der Waals surface area (Å²) in [6.45, 7) is 5.33. The van der Waals surface area contributed by atoms with Gasteiger partial charge in [-0.15, -0.1) is 0 Å². The van der Waals surface area contributed by atoms with Crippen molar-refractivity contribution in [3.8, 4) is 5.69 Å². The van der Waals surface area contributed by atoms with E-state index in [0.717, 1.165) is 37.9 Å². The maximum Gasteiger partial charge on any atom is 0.376 e. The molecule has 1 aromatic carbocycles. The predicted molar refractivity (Wildman–Crippen MR) is 99.1 cm³/mol. The summed E-state index contributed by atoms with van der Waals surface area (Å²) in [7, 11) is -0.478. The largest absolute Gasteiger partial charge is 0.437 e. The summed E-state index contributed by atoms with van der Waals surface area (Å²) in [6.07, 6.45) is 6.15. The van der Waals surface area contributed by atoms with E-state index in [4.69, 9.17) is 0 Å². The van der Waals surface area contributed by atoms with Crippen molar-refractivity contribution in [3.05, 3.63) is 41.7 Å². The zero-order valence-corrected chi connectivity index (χ0v) is 15.2. The van der Waals surface area contributed by atoms with Gasteiger partial charge in [-0.3, -0.25) is 4.79 Å². The van der Waals surface area contributed by atoms with Gasteiger partial charge in [0, 0.05) is 18.6 Å². The van der Waals surface area contributed by atoms with Crippen molar-refractivity contribution in [2.75, 3.05) is 13.1 Å². The first-order valence-electron chi connectivity index (χ1n) is 9.26. The first-order chi connectivity index (χ1) is 12.5. The van der Waals surface area contributed by atoms with Crippen LogP contribution in [-0.2, 0) is 0 Å². The van der Waals surface area contributed by atoms with Crippen LogP contribution < -0.4 is 0 Å². The van der Waals surface area contributed by atoms with Crippen molar-refractivity contribution >= 4 is 13.0 Å². The molecule has 2 unspecified atom stereocenters. The number of amides is 1. The number of carbonyl (C=O) groups excluding carboxylic acids is 1. The lowest BCUT2D eigenvalue weighted by Gasteiger charge is -2.30. The van der Waals surface area contributed by atoms with Gasteiger partial charge in [-0.2, -0.15) is 15.0 Å². The lowest BCUT2D eigenvalue weighted by atomic mass is 9.83. The highest BCUT2D eigenvalue weighted by molar-refractivity contribution is 6.45. The molecule has 2 fully saturated rings. The van der Waals surface area contributed by atoms with Gasteiger partial charge in [0.25, 0.3) is 5.91 Å². The average molecular weight is 353 g/mol. The van der Waals surface area contributed by atoms with E-state index >= 15 is 0 Å². The Bertz CT molecular complexity index is 795. The van der Waals surface area contributed by atoms with Gasteiger partial charge in [0.1, 0.15) is 0 Å². The van der Waals surface area contributed by atoms with Crippen molar-refractivity contribution in [2.24, 2.45) is 0 Å². The molecular formula is C18H24BN5O2. The standard InChI is InChI=1S/C18H24BN5O2/c1-13-3-6-17(24-20-8-9-21-24)16(11-13)18(25)23-14-4-5-15(23)12-22(10-7-14)19(2)26/h3,6,8-9,11,14-15,26H,4-5,7,10,12H2,1-2H3. The summed E-state index contributed by atoms with van der Waals surface area (Å²) in [5, 5.41) is 18.4. The lowest BCUT2D eigenvalue weighted by Crippen LogP contribution is -2.46. The van der Waals surface area contributed by atoms with E-state index in [2.05, 4.69) is 15.0 Å². The third-order valence-electron chi connectivity index (χ3n) is 5.59. The molecule has 1 aromatic heterocycles. The molecule has 2 aliphatic rings. The second-order valence-electron chi connectivity index (χ2n) is 7.35. The highest BCUT2D eigenvalue weighted by Gasteiger charge is 2.42. The number of hydrogen-bond acceptors (Lipinski definition) is 5. The molecule has 1 N–H and O–H groups in total. The zero-order valence-electron chi connectivity index (χ0n) is 15.2. The molecule has 2 saturated heterocycles. The number of aryl methyl sites for hydroxylation is 1. The van der Waals surface area contributed by atoms with Gasteiger partial charge < -0.3 is 14.7 Å². The minimum absolute atomic E-state index is 0.0425. The molecule has 0 saturated carbocycles. The van der Waals surface area contributed by atoms with E-state index in [1.54, 1.807) is 19.2 Å². The molecule has 2 aliphatic heterocycles. The Labute approximate surface area is 153 Å². The molecule has 0 radical (unpaired) electrons. The Hall–Kier alpha value is -2.19. The number of rotatable bonds is 3. The SMILES string of the molecule is CB(O)N1CCC2CCC(C1)N2C(=O)c1cc(C)ccc1-n1nccn1. The van der Waals surface area contributed by atoms with Gasteiger partial charge in [-0.1, -0.05) is 11.6 Å². The third-order valence-corrected chi connectivity index (χ3v) is 5.59. The third kappa shape index (κ3) is 3.03. The molecular weight excluding hydrogens is 329 g/mol. The monoisotopic (exact) mass is 353 g/mol. The Morgan fingerprint density at radius 2 is 1.92 bits per heavy atom. The van der Waals surface area contributed by atoms with E-state index < -0.39 is 7.05 Å². The maximum absolute atomic E-state index is 13.5. The molecule has 3 heterocycles. The maximum atomic E-state index is 13.5. The number of benzene rings is 1. The summed E-state index contributed by atoms with van der Waals surface area (Å²) in [6, 6.07) is 6.18. The number of carbonyl (C=O) groups is 1. The van der Waals surface area contributed by atoms with Crippen LogP contribution in [0, 0.1) is 6.92 Å². The number of aromatic nitrogens is 3. The highest BCUT2D eigenvalue weighted by Crippen LogP contribution is 2.33. The summed E-state index contributed by atoms with van der Waals surface area (Å²) < 4.78 is 0. The normalized spacial score (nSPS) is 23.1. The van der Waals surface area contributed by atoms with Crippen molar-refractivity contribution in [1.82, 2.24) is 24.7 Å². The van der Waals surface area contributed by atoms with E-state index in [9.17, 15) is 9.82 Å². The van der Waals surface area contributed by atoms with Gasteiger partial charge in [-0.25, -0.2) is 0 Å². The van der Waals surface area contributed by atoms with Crippen molar-refractivity contribution in [1.29, 1.82) is 0 Å². The summed E-state index contributed by atoms with van der Waals surface area (Å²) in [4.78, 5) is 19.2. The molecule has 2 atom stereocenters. The van der Waals surface area contributed by atoms with Crippen LogP contribution in [-0.4, -0.2) is 67.9 Å². The minimum atomic E-state index is -0.478. The van der Waals surface area contributed by atoms with Crippen LogP contribution in [0.3, 0.4) is 0 Å². The van der Waals surface area contributed by atoms with Crippen LogP contribution >= 0.6 is 0 Å². The topological polar surface area (TPSA) is 74.5 Å². The van der Waals surface area contributed by atoms with Crippen LogP contribution in [0.5, 0.6) is 0 Å². The Morgan fingerprint density at radius 1 is 1.19 bits per heavy atom. The smallest absolute Gasteiger partial charge is 0.376 e. The fourth-order valence-electron chi connectivity index (χ4n) is 4.25. The number of hydrogen-bond donors (Lipinski definition) is 1. The molecule has 0 spiro atoms. The van der Waals surface area contributed by atoms with Crippen LogP contribution in [0.1, 0.15) is 35.2 Å². The van der Waals surface area contributed by atoms with Crippen LogP contribution in [0.25, 0.3) is 5.69 Å². The average Bonchev–Trinajstić information content (AvgIpc) is 3.21. The fourth-order valence-corrected chi connectivity index (χ4v) is 4.25. The van der Waals surface area contributed by atoms with Crippen LogP contribution in [0.15, 0.2) is 30.6 Å². The summed E-state index contributed by atoms with van der Waals surface area (Å²) in [5.41, 5.74) is 2.39. The van der Waals surface area contributed by atoms with Crippen molar-refractivity contribution in [2.45, 2.75) is 45.1 Å². The Balaban J connectivity index is 1.69. The van der Waals surface area contributed by atoms with E-state index in [-0.39, 0.29) is 18.0 Å². The van der Waals surface area contributed by atoms with Crippen LogP contribution in [0.2, 0.25) is 6.82 Å². The van der Waals surface area contributed by atoms with E-state index in [1.165, 1.54) is 4.80 Å². The van der Waals surface area contributed by atoms with E-state index in [1.807, 2.05) is 30.0 Å². The van der Waals surface area contributed by atoms with Gasteiger partial charge in [-0.05, 0) is 51.7 Å². The molecule has 4 rings (SSSR count). The van der Waals surface area contributed by atoms with Crippen molar-refractivity contribution in [3.63, 3.8) is 0 Å². The molecule has 136 valence electrons. The predicted octanol–water partition coefficient (Wildman–Crippen LogP) is 1.36. The first-order valence-corrected chi connectivity index (χ1v) is 9.26. The zero-order chi connectivity index (χ0) is 18.3. The second-order valence-corrected chi connectivity index (χ2v) is 7.35. The van der Waals surface area contributed by atoms with Crippen LogP contribution in [0.4, 0.5) is 0 Å². The van der Waals surface area contributed by atoms with Gasteiger partial charge in [0.15, 0.2) is 0 Å². The minimum Gasteiger partial charge on any atom is -0.437 e. The molecule has 1 amide bonds. The molecule has 2 bridgehead atoms. The molecule has 2 aromatic rings. The summed E-state index contributed by atoms with van der Waals surface area (Å²) >= 11 is 0. The molecule has 26 heavy (non-hydrogen) atoms. The quantitative estimate of drug-likeness (QED) is 0.844. The first kappa shape index (κ1) is 17.2. The van der Waals surface area contributed by atoms with Gasteiger partial charge in [0.2, 0.25) is 0 Å². The molecule has 8 heteroatoms.